The maximum atomic E-state index is 12.6. The average molecular weight is 452 g/mol. The minimum Gasteiger partial charge on any atom is -0.497 e. The molecule has 33 heavy (non-hydrogen) atoms. The maximum Gasteiger partial charge on any atom is 0.232 e. The van der Waals surface area contributed by atoms with E-state index in [1.807, 2.05) is 61.2 Å². The van der Waals surface area contributed by atoms with E-state index in [2.05, 4.69) is 10.1 Å². The van der Waals surface area contributed by atoms with Crippen molar-refractivity contribution in [1.82, 2.24) is 15.0 Å². The van der Waals surface area contributed by atoms with Crippen LogP contribution in [0.15, 0.2) is 47.0 Å². The SMILES string of the molecule is CCOc1ccc(CCN2CC(c3nc(-c4ccc(OC)cc4)no3)CC2=O)cc1OCC. The van der Waals surface area contributed by atoms with Gasteiger partial charge in [-0.25, -0.2) is 0 Å². The molecule has 0 spiro atoms. The molecule has 1 unspecified atom stereocenters. The van der Waals surface area contributed by atoms with Gasteiger partial charge in [0.15, 0.2) is 11.5 Å². The second-order valence-corrected chi connectivity index (χ2v) is 7.82. The average Bonchev–Trinajstić information content (AvgIpc) is 3.46. The summed E-state index contributed by atoms with van der Waals surface area (Å²) in [5.74, 6) is 3.24. The van der Waals surface area contributed by atoms with Crippen molar-refractivity contribution in [1.29, 1.82) is 0 Å². The minimum absolute atomic E-state index is 0.0974. The first kappa shape index (κ1) is 22.6. The molecule has 0 saturated carbocycles. The summed E-state index contributed by atoms with van der Waals surface area (Å²) in [5.41, 5.74) is 1.94. The number of methoxy groups -OCH3 is 1. The third-order valence-electron chi connectivity index (χ3n) is 5.63. The van der Waals surface area contributed by atoms with E-state index in [-0.39, 0.29) is 11.8 Å². The fourth-order valence-corrected chi connectivity index (χ4v) is 3.93. The van der Waals surface area contributed by atoms with Crippen LogP contribution in [0.5, 0.6) is 17.2 Å². The number of carbonyl (C=O) groups is 1. The lowest BCUT2D eigenvalue weighted by Crippen LogP contribution is -2.27. The van der Waals surface area contributed by atoms with Crippen molar-refractivity contribution in [2.24, 2.45) is 0 Å². The third kappa shape index (κ3) is 5.27. The molecule has 3 aromatic rings. The highest BCUT2D eigenvalue weighted by atomic mass is 16.5. The number of hydrogen-bond donors (Lipinski definition) is 0. The van der Waals surface area contributed by atoms with Crippen LogP contribution in [-0.2, 0) is 11.2 Å². The molecule has 1 saturated heterocycles. The zero-order chi connectivity index (χ0) is 23.2. The number of aromatic nitrogens is 2. The highest BCUT2D eigenvalue weighted by Gasteiger charge is 2.34. The largest absolute Gasteiger partial charge is 0.497 e. The summed E-state index contributed by atoms with van der Waals surface area (Å²) in [6.07, 6.45) is 1.10. The van der Waals surface area contributed by atoms with Crippen molar-refractivity contribution < 1.29 is 23.5 Å². The number of rotatable bonds is 10. The molecule has 8 heteroatoms. The van der Waals surface area contributed by atoms with Crippen molar-refractivity contribution in [3.63, 3.8) is 0 Å². The highest BCUT2D eigenvalue weighted by Crippen LogP contribution is 2.31. The molecular weight excluding hydrogens is 422 g/mol. The second kappa shape index (κ2) is 10.4. The summed E-state index contributed by atoms with van der Waals surface area (Å²) >= 11 is 0. The van der Waals surface area contributed by atoms with Crippen molar-refractivity contribution in [3.8, 4) is 28.6 Å². The standard InChI is InChI=1S/C25H29N3O5/c1-4-31-21-11-6-17(14-22(21)32-5-2)12-13-28-16-19(15-23(28)29)25-26-24(27-33-25)18-7-9-20(30-3)10-8-18/h6-11,14,19H,4-5,12-13,15-16H2,1-3H3. The van der Waals surface area contributed by atoms with Gasteiger partial charge in [-0.1, -0.05) is 11.2 Å². The van der Waals surface area contributed by atoms with Crippen LogP contribution in [0.3, 0.4) is 0 Å². The number of benzene rings is 2. The Morgan fingerprint density at radius 3 is 2.55 bits per heavy atom. The molecule has 174 valence electrons. The number of ether oxygens (including phenoxy) is 3. The quantitative estimate of drug-likeness (QED) is 0.459. The van der Waals surface area contributed by atoms with Gasteiger partial charge in [-0.05, 0) is 62.2 Å². The van der Waals surface area contributed by atoms with Crippen LogP contribution >= 0.6 is 0 Å². The molecular formula is C25H29N3O5. The first-order valence-corrected chi connectivity index (χ1v) is 11.3. The number of amides is 1. The van der Waals surface area contributed by atoms with E-state index in [9.17, 15) is 4.79 Å². The fourth-order valence-electron chi connectivity index (χ4n) is 3.93. The van der Waals surface area contributed by atoms with E-state index in [0.717, 1.165) is 34.8 Å². The molecule has 1 aliphatic rings. The molecule has 0 radical (unpaired) electrons. The molecule has 1 aliphatic heterocycles. The van der Waals surface area contributed by atoms with E-state index in [4.69, 9.17) is 18.7 Å². The second-order valence-electron chi connectivity index (χ2n) is 7.82. The van der Waals surface area contributed by atoms with Crippen LogP contribution in [0, 0.1) is 0 Å². The van der Waals surface area contributed by atoms with Crippen molar-refractivity contribution >= 4 is 5.91 Å². The molecule has 1 aromatic heterocycles. The molecule has 0 N–H and O–H groups in total. The summed E-state index contributed by atoms with van der Waals surface area (Å²) in [6.45, 7) is 6.23. The predicted molar refractivity (Wildman–Crippen MR) is 123 cm³/mol. The van der Waals surface area contributed by atoms with Crippen LogP contribution < -0.4 is 14.2 Å². The molecule has 2 aromatic carbocycles. The van der Waals surface area contributed by atoms with E-state index in [1.54, 1.807) is 7.11 Å². The first-order valence-electron chi connectivity index (χ1n) is 11.3. The van der Waals surface area contributed by atoms with Gasteiger partial charge in [0.1, 0.15) is 5.75 Å². The Balaban J connectivity index is 1.38. The molecule has 4 rings (SSSR count). The first-order chi connectivity index (χ1) is 16.1. The Hall–Kier alpha value is -3.55. The summed E-state index contributed by atoms with van der Waals surface area (Å²) in [4.78, 5) is 19.0. The molecule has 1 fully saturated rings. The molecule has 0 aliphatic carbocycles. The van der Waals surface area contributed by atoms with Gasteiger partial charge in [-0.2, -0.15) is 4.98 Å². The Bertz CT molecular complexity index is 1080. The lowest BCUT2D eigenvalue weighted by atomic mass is 10.1. The van der Waals surface area contributed by atoms with Gasteiger partial charge in [0, 0.05) is 25.1 Å². The van der Waals surface area contributed by atoms with Gasteiger partial charge in [0.05, 0.1) is 26.2 Å². The number of carbonyl (C=O) groups excluding carboxylic acids is 1. The molecule has 8 nitrogen and oxygen atoms in total. The van der Waals surface area contributed by atoms with Crippen LogP contribution in [0.1, 0.15) is 37.6 Å². The zero-order valence-electron chi connectivity index (χ0n) is 19.2. The number of hydrogen-bond acceptors (Lipinski definition) is 7. The molecule has 1 amide bonds. The van der Waals surface area contributed by atoms with E-state index in [0.29, 0.717) is 44.4 Å². The van der Waals surface area contributed by atoms with Gasteiger partial charge in [-0.15, -0.1) is 0 Å². The van der Waals surface area contributed by atoms with E-state index >= 15 is 0 Å². The lowest BCUT2D eigenvalue weighted by molar-refractivity contribution is -0.127. The predicted octanol–water partition coefficient (Wildman–Crippen LogP) is 4.10. The smallest absolute Gasteiger partial charge is 0.232 e. The lowest BCUT2D eigenvalue weighted by Gasteiger charge is -2.17. The molecule has 1 atom stereocenters. The van der Waals surface area contributed by atoms with E-state index < -0.39 is 0 Å². The highest BCUT2D eigenvalue weighted by molar-refractivity contribution is 5.79. The van der Waals surface area contributed by atoms with Crippen molar-refractivity contribution in [3.05, 3.63) is 53.9 Å². The summed E-state index contributed by atoms with van der Waals surface area (Å²) in [6, 6.07) is 13.4. The van der Waals surface area contributed by atoms with Gasteiger partial charge in [-0.3, -0.25) is 4.79 Å². The van der Waals surface area contributed by atoms with E-state index in [1.165, 1.54) is 0 Å². The number of likely N-dealkylation sites (tertiary alicyclic amines) is 1. The fraction of sp³-hybridized carbons (Fsp3) is 0.400. The molecule has 2 heterocycles. The van der Waals surface area contributed by atoms with Crippen LogP contribution in [0.25, 0.3) is 11.4 Å². The van der Waals surface area contributed by atoms with Gasteiger partial charge >= 0.3 is 0 Å². The Kier molecular flexibility index (Phi) is 7.12. The number of nitrogens with zero attached hydrogens (tertiary/aromatic N) is 3. The topological polar surface area (TPSA) is 86.9 Å². The van der Waals surface area contributed by atoms with Crippen molar-refractivity contribution in [2.75, 3.05) is 33.4 Å². The Labute approximate surface area is 193 Å². The van der Waals surface area contributed by atoms with Gasteiger partial charge < -0.3 is 23.6 Å². The Morgan fingerprint density at radius 2 is 1.82 bits per heavy atom. The van der Waals surface area contributed by atoms with Crippen LogP contribution in [0.2, 0.25) is 0 Å². The summed E-state index contributed by atoms with van der Waals surface area (Å²) in [5, 5.41) is 4.10. The summed E-state index contributed by atoms with van der Waals surface area (Å²) < 4.78 is 22.0. The third-order valence-corrected chi connectivity index (χ3v) is 5.63. The monoisotopic (exact) mass is 451 g/mol. The molecule has 0 bridgehead atoms. The maximum absolute atomic E-state index is 12.6. The van der Waals surface area contributed by atoms with Crippen LogP contribution in [-0.4, -0.2) is 54.4 Å². The van der Waals surface area contributed by atoms with Crippen LogP contribution in [0.4, 0.5) is 0 Å². The minimum atomic E-state index is -0.101. The van der Waals surface area contributed by atoms with Crippen molar-refractivity contribution in [2.45, 2.75) is 32.6 Å². The zero-order valence-corrected chi connectivity index (χ0v) is 19.2. The van der Waals surface area contributed by atoms with Gasteiger partial charge in [0.2, 0.25) is 17.6 Å². The Morgan fingerprint density at radius 1 is 1.06 bits per heavy atom. The normalized spacial score (nSPS) is 15.7. The van der Waals surface area contributed by atoms with Gasteiger partial charge in [0.25, 0.3) is 0 Å². The summed E-state index contributed by atoms with van der Waals surface area (Å²) in [7, 11) is 1.62.